The van der Waals surface area contributed by atoms with E-state index in [1.54, 1.807) is 0 Å². The Balaban J connectivity index is 4.07. The lowest BCUT2D eigenvalue weighted by Crippen LogP contribution is -2.34. The molecule has 0 rings (SSSR count). The Morgan fingerprint density at radius 3 is 1.30 bits per heavy atom. The number of unbranched alkanes of at least 4 members (excludes halogenated alkanes) is 31. The Bertz CT molecular complexity index is 1250. The Hall–Kier alpha value is -2.07. The van der Waals surface area contributed by atoms with Crippen LogP contribution in [-0.2, 0) is 32.7 Å². The minimum Gasteiger partial charge on any atom is -0.480 e. The number of nitrogens with two attached hydrogens (primary N) is 1. The summed E-state index contributed by atoms with van der Waals surface area (Å²) in [6, 6.07) is -1.47. The van der Waals surface area contributed by atoms with Crippen LogP contribution < -0.4 is 5.73 Å². The van der Waals surface area contributed by atoms with Crippen molar-refractivity contribution in [3.8, 4) is 0 Å². The first-order valence-corrected chi connectivity index (χ1v) is 29.2. The van der Waals surface area contributed by atoms with Gasteiger partial charge in [-0.25, -0.2) is 4.57 Å². The Morgan fingerprint density at radius 1 is 0.493 bits per heavy atom. The van der Waals surface area contributed by atoms with E-state index in [0.29, 0.717) is 13.0 Å². The normalized spacial score (nSPS) is 14.0. The molecule has 0 aromatic rings. The van der Waals surface area contributed by atoms with Gasteiger partial charge in [0, 0.05) is 13.0 Å². The highest BCUT2D eigenvalue weighted by Gasteiger charge is 2.27. The van der Waals surface area contributed by atoms with Gasteiger partial charge in [-0.05, 0) is 51.4 Å². The molecule has 0 aliphatic carbocycles. The van der Waals surface area contributed by atoms with Crippen molar-refractivity contribution in [2.75, 3.05) is 26.4 Å². The largest absolute Gasteiger partial charge is 0.480 e. The number of carboxylic acid groups (broad SMARTS) is 1. The molecule has 0 bridgehead atoms. The summed E-state index contributed by atoms with van der Waals surface area (Å²) in [7, 11) is -4.62. The molecule has 3 unspecified atom stereocenters. The number of carboxylic acids is 1. The minimum absolute atomic E-state index is 0.0170. The van der Waals surface area contributed by atoms with Gasteiger partial charge in [0.05, 0.1) is 19.8 Å². The molecule has 67 heavy (non-hydrogen) atoms. The van der Waals surface area contributed by atoms with Crippen molar-refractivity contribution in [1.82, 2.24) is 0 Å². The number of phosphoric acid groups is 1. The van der Waals surface area contributed by atoms with Gasteiger partial charge in [0.1, 0.15) is 12.1 Å². The zero-order chi connectivity index (χ0) is 49.0. The second-order valence-electron chi connectivity index (χ2n) is 18.7. The van der Waals surface area contributed by atoms with E-state index >= 15 is 0 Å². The standard InChI is InChI=1S/C56H104NO9P/c1-3-5-7-9-11-13-15-17-19-21-23-25-26-27-29-31-33-35-37-39-41-43-45-47-49-63-50-53(51-64-67(61,62)65-52-54(57)56(59)60)66-55(58)48-46-44-42-40-38-36-34-32-30-28-24-22-20-18-16-14-12-10-8-6-4-2/h5,7,11,13,17,19,23,25,53-54H,3-4,6,8-10,12,14-16,18,20-22,24,26-52,57H2,1-2H3,(H,59,60)(H,61,62)/b7-5-,13-11-,19-17-,25-23-. The Kier molecular flexibility index (Phi) is 50.2. The van der Waals surface area contributed by atoms with Gasteiger partial charge in [-0.2, -0.15) is 0 Å². The average Bonchev–Trinajstić information content (AvgIpc) is 3.31. The quantitative estimate of drug-likeness (QED) is 0.0232. The molecule has 0 amide bonds. The summed E-state index contributed by atoms with van der Waals surface area (Å²) < 4.78 is 33.6. The molecule has 0 spiro atoms. The van der Waals surface area contributed by atoms with Crippen molar-refractivity contribution in [2.45, 2.75) is 270 Å². The van der Waals surface area contributed by atoms with Gasteiger partial charge >= 0.3 is 19.8 Å². The van der Waals surface area contributed by atoms with Crippen molar-refractivity contribution < 1.29 is 42.7 Å². The van der Waals surface area contributed by atoms with Crippen molar-refractivity contribution >= 4 is 19.8 Å². The summed E-state index contributed by atoms with van der Waals surface area (Å²) in [4.78, 5) is 33.8. The third-order valence-corrected chi connectivity index (χ3v) is 13.1. The van der Waals surface area contributed by atoms with Gasteiger partial charge in [0.25, 0.3) is 0 Å². The molecule has 0 saturated carbocycles. The topological polar surface area (TPSA) is 155 Å². The second kappa shape index (κ2) is 51.8. The number of ether oxygens (including phenoxy) is 2. The molecular weight excluding hydrogens is 862 g/mol. The van der Waals surface area contributed by atoms with E-state index in [1.165, 1.54) is 173 Å². The van der Waals surface area contributed by atoms with Gasteiger partial charge in [0.2, 0.25) is 0 Å². The number of esters is 1. The molecule has 0 heterocycles. The van der Waals surface area contributed by atoms with E-state index in [0.717, 1.165) is 57.8 Å². The molecule has 0 radical (unpaired) electrons. The van der Waals surface area contributed by atoms with Gasteiger partial charge in [-0.3, -0.25) is 18.6 Å². The van der Waals surface area contributed by atoms with Crippen LogP contribution >= 0.6 is 7.82 Å². The lowest BCUT2D eigenvalue weighted by molar-refractivity contribution is -0.154. The fourth-order valence-electron chi connectivity index (χ4n) is 7.89. The number of carbonyl (C=O) groups is 2. The van der Waals surface area contributed by atoms with Gasteiger partial charge in [0.15, 0.2) is 0 Å². The Morgan fingerprint density at radius 2 is 0.866 bits per heavy atom. The smallest absolute Gasteiger partial charge is 0.472 e. The summed E-state index contributed by atoms with van der Waals surface area (Å²) >= 11 is 0. The van der Waals surface area contributed by atoms with Crippen LogP contribution in [0.5, 0.6) is 0 Å². The number of carbonyl (C=O) groups excluding carboxylic acids is 1. The predicted octanol–water partition coefficient (Wildman–Crippen LogP) is 16.5. The number of hydrogen-bond donors (Lipinski definition) is 3. The monoisotopic (exact) mass is 966 g/mol. The number of phosphoric ester groups is 1. The van der Waals surface area contributed by atoms with Crippen LogP contribution in [0.25, 0.3) is 0 Å². The fourth-order valence-corrected chi connectivity index (χ4v) is 8.67. The number of hydrogen-bond acceptors (Lipinski definition) is 8. The molecule has 11 heteroatoms. The van der Waals surface area contributed by atoms with Crippen LogP contribution in [-0.4, -0.2) is 60.5 Å². The van der Waals surface area contributed by atoms with Crippen LogP contribution in [0, 0.1) is 0 Å². The SMILES string of the molecule is CC/C=C\C/C=C\C/C=C\C/C=C\CCCCCCCCCCCCCOCC(COP(=O)(O)OCC(N)C(=O)O)OC(=O)CCCCCCCCCCCCCCCCCCCCCCC. The van der Waals surface area contributed by atoms with Gasteiger partial charge in [-0.15, -0.1) is 0 Å². The number of rotatable bonds is 53. The first kappa shape index (κ1) is 64.9. The maximum atomic E-state index is 12.7. The van der Waals surface area contributed by atoms with E-state index in [9.17, 15) is 19.0 Å². The fraction of sp³-hybridized carbons (Fsp3) is 0.821. The second-order valence-corrected chi connectivity index (χ2v) is 20.1. The van der Waals surface area contributed by atoms with E-state index in [-0.39, 0.29) is 13.0 Å². The van der Waals surface area contributed by atoms with E-state index < -0.39 is 45.1 Å². The Labute approximate surface area is 411 Å². The zero-order valence-corrected chi connectivity index (χ0v) is 44.1. The highest BCUT2D eigenvalue weighted by atomic mass is 31.2. The van der Waals surface area contributed by atoms with Crippen LogP contribution in [0.4, 0.5) is 0 Å². The predicted molar refractivity (Wildman–Crippen MR) is 281 cm³/mol. The third-order valence-electron chi connectivity index (χ3n) is 12.1. The molecule has 0 aromatic heterocycles. The molecule has 0 fully saturated rings. The molecule has 0 aliphatic rings. The lowest BCUT2D eigenvalue weighted by Gasteiger charge is -2.20. The van der Waals surface area contributed by atoms with E-state index in [1.807, 2.05) is 0 Å². The maximum absolute atomic E-state index is 12.7. The van der Waals surface area contributed by atoms with Crippen molar-refractivity contribution in [3.63, 3.8) is 0 Å². The van der Waals surface area contributed by atoms with E-state index in [4.69, 9.17) is 29.4 Å². The van der Waals surface area contributed by atoms with E-state index in [2.05, 4.69) is 62.5 Å². The summed E-state index contributed by atoms with van der Waals surface area (Å²) in [5.41, 5.74) is 5.39. The molecule has 10 nitrogen and oxygen atoms in total. The number of aliphatic carboxylic acids is 1. The van der Waals surface area contributed by atoms with Crippen molar-refractivity contribution in [3.05, 3.63) is 48.6 Å². The summed E-state index contributed by atoms with van der Waals surface area (Å²) in [6.07, 6.45) is 63.2. The minimum atomic E-state index is -4.62. The van der Waals surface area contributed by atoms with Crippen LogP contribution in [0.15, 0.2) is 48.6 Å². The average molecular weight is 966 g/mol. The number of allylic oxidation sites excluding steroid dienone is 8. The molecule has 392 valence electrons. The van der Waals surface area contributed by atoms with Gasteiger partial charge < -0.3 is 25.2 Å². The highest BCUT2D eigenvalue weighted by molar-refractivity contribution is 7.47. The molecule has 0 aliphatic heterocycles. The lowest BCUT2D eigenvalue weighted by atomic mass is 10.0. The van der Waals surface area contributed by atoms with Crippen molar-refractivity contribution in [2.24, 2.45) is 5.73 Å². The van der Waals surface area contributed by atoms with Crippen molar-refractivity contribution in [1.29, 1.82) is 0 Å². The molecule has 0 aromatic carbocycles. The first-order chi connectivity index (χ1) is 32.7. The van der Waals surface area contributed by atoms with Crippen LogP contribution in [0.2, 0.25) is 0 Å². The summed E-state index contributed by atoms with van der Waals surface area (Å²) in [5, 5.41) is 8.95. The van der Waals surface area contributed by atoms with Gasteiger partial charge in [-0.1, -0.05) is 249 Å². The summed E-state index contributed by atoms with van der Waals surface area (Å²) in [5.74, 6) is -1.77. The van der Waals surface area contributed by atoms with Crippen LogP contribution in [0.1, 0.15) is 258 Å². The molecule has 0 saturated heterocycles. The maximum Gasteiger partial charge on any atom is 0.472 e. The summed E-state index contributed by atoms with van der Waals surface area (Å²) in [6.45, 7) is 3.81. The highest BCUT2D eigenvalue weighted by Crippen LogP contribution is 2.43. The van der Waals surface area contributed by atoms with Crippen LogP contribution in [0.3, 0.4) is 0 Å². The molecule has 4 N–H and O–H groups in total. The molecular formula is C56H104NO9P. The first-order valence-electron chi connectivity index (χ1n) is 27.7. The molecule has 3 atom stereocenters. The third kappa shape index (κ3) is 51.6. The zero-order valence-electron chi connectivity index (χ0n) is 43.2.